The average molecular weight is 309 g/mol. The number of hydrogen-bond donors (Lipinski definition) is 2. The number of para-hydroxylation sites is 1. The van der Waals surface area contributed by atoms with Crippen molar-refractivity contribution in [2.45, 2.75) is 18.2 Å². The average Bonchev–Trinajstić information content (AvgIpc) is 2.86. The highest BCUT2D eigenvalue weighted by molar-refractivity contribution is 7.89. The molecule has 0 atom stereocenters. The minimum Gasteiger partial charge on any atom is -0.446 e. The summed E-state index contributed by atoms with van der Waals surface area (Å²) in [6.45, 7) is 1.20. The van der Waals surface area contributed by atoms with E-state index in [1.807, 2.05) is 38.4 Å². The minimum absolute atomic E-state index is 0.221. The molecular weight excluding hydrogens is 290 g/mol. The van der Waals surface area contributed by atoms with E-state index < -0.39 is 10.0 Å². The molecule has 2 aromatic rings. The highest BCUT2D eigenvalue weighted by Crippen LogP contribution is 2.19. The van der Waals surface area contributed by atoms with E-state index in [-0.39, 0.29) is 5.09 Å². The summed E-state index contributed by atoms with van der Waals surface area (Å²) in [7, 11) is 0.213. The molecule has 0 radical (unpaired) electrons. The first-order valence-electron chi connectivity index (χ1n) is 6.44. The van der Waals surface area contributed by atoms with Crippen molar-refractivity contribution in [2.75, 3.05) is 19.4 Å². The monoisotopic (exact) mass is 309 g/mol. The predicted molar refractivity (Wildman–Crippen MR) is 81.2 cm³/mol. The molecule has 3 N–H and O–H groups in total. The summed E-state index contributed by atoms with van der Waals surface area (Å²) in [6, 6.07) is 10.9. The number of nitrogens with two attached hydrogens (primary N) is 1. The van der Waals surface area contributed by atoms with Gasteiger partial charge in [-0.25, -0.2) is 13.6 Å². The van der Waals surface area contributed by atoms with E-state index in [2.05, 4.69) is 10.2 Å². The molecule has 0 aliphatic rings. The van der Waals surface area contributed by atoms with Crippen LogP contribution in [-0.2, 0) is 23.1 Å². The van der Waals surface area contributed by atoms with Crippen LogP contribution in [0, 0.1) is 0 Å². The van der Waals surface area contributed by atoms with E-state index in [0.717, 1.165) is 17.8 Å². The molecule has 2 rings (SSSR count). The van der Waals surface area contributed by atoms with Crippen molar-refractivity contribution in [3.63, 3.8) is 0 Å². The fraction of sp³-hybridized carbons (Fsp3) is 0.286. The Balaban J connectivity index is 2.08. The quantitative estimate of drug-likeness (QED) is 0.846. The number of furan rings is 1. The highest BCUT2D eigenvalue weighted by atomic mass is 32.2. The molecule has 1 aromatic carbocycles. The fourth-order valence-corrected chi connectivity index (χ4v) is 2.44. The number of nitrogens with zero attached hydrogens (tertiary/aromatic N) is 1. The summed E-state index contributed by atoms with van der Waals surface area (Å²) < 4.78 is 27.5. The number of sulfonamides is 1. The summed E-state index contributed by atoms with van der Waals surface area (Å²) in [5.41, 5.74) is 2.14. The standard InChI is InChI=1S/C14H19N3O3S/c1-17(2)10-11-5-3-4-6-13(11)16-9-12-7-8-14(20-12)21(15,18)19/h3-8,16H,9-10H2,1-2H3,(H2,15,18,19). The Morgan fingerprint density at radius 3 is 2.52 bits per heavy atom. The smallest absolute Gasteiger partial charge is 0.271 e. The molecule has 0 aliphatic carbocycles. The molecule has 1 aromatic heterocycles. The van der Waals surface area contributed by atoms with Crippen molar-refractivity contribution >= 4 is 15.7 Å². The number of anilines is 1. The van der Waals surface area contributed by atoms with E-state index >= 15 is 0 Å². The maximum atomic E-state index is 11.2. The number of hydrogen-bond acceptors (Lipinski definition) is 5. The Morgan fingerprint density at radius 2 is 1.90 bits per heavy atom. The maximum Gasteiger partial charge on any atom is 0.271 e. The van der Waals surface area contributed by atoms with Gasteiger partial charge in [0.25, 0.3) is 10.0 Å². The second kappa shape index (κ2) is 6.30. The lowest BCUT2D eigenvalue weighted by Crippen LogP contribution is -2.13. The number of nitrogens with one attached hydrogen (secondary N) is 1. The van der Waals surface area contributed by atoms with Gasteiger partial charge in [-0.05, 0) is 37.9 Å². The van der Waals surface area contributed by atoms with Crippen LogP contribution in [0.3, 0.4) is 0 Å². The SMILES string of the molecule is CN(C)Cc1ccccc1NCc1ccc(S(N)(=O)=O)o1. The molecule has 114 valence electrons. The van der Waals surface area contributed by atoms with Gasteiger partial charge in [0.2, 0.25) is 5.09 Å². The second-order valence-corrected chi connectivity index (χ2v) is 6.51. The lowest BCUT2D eigenvalue weighted by molar-refractivity contribution is 0.402. The molecule has 0 spiro atoms. The molecule has 0 fully saturated rings. The van der Waals surface area contributed by atoms with E-state index in [4.69, 9.17) is 9.56 Å². The van der Waals surface area contributed by atoms with Crippen molar-refractivity contribution in [3.05, 3.63) is 47.7 Å². The Labute approximate surface area is 124 Å². The van der Waals surface area contributed by atoms with Gasteiger partial charge < -0.3 is 14.6 Å². The molecule has 21 heavy (non-hydrogen) atoms. The molecule has 1 heterocycles. The third-order valence-electron chi connectivity index (χ3n) is 2.87. The highest BCUT2D eigenvalue weighted by Gasteiger charge is 2.13. The summed E-state index contributed by atoms with van der Waals surface area (Å²) in [5.74, 6) is 0.513. The minimum atomic E-state index is -3.79. The maximum absolute atomic E-state index is 11.2. The van der Waals surface area contributed by atoms with Crippen LogP contribution in [-0.4, -0.2) is 27.4 Å². The van der Waals surface area contributed by atoms with Gasteiger partial charge in [0.05, 0.1) is 6.54 Å². The van der Waals surface area contributed by atoms with Gasteiger partial charge in [-0.15, -0.1) is 0 Å². The molecular formula is C14H19N3O3S. The number of benzene rings is 1. The van der Waals surface area contributed by atoms with Crippen LogP contribution in [0.2, 0.25) is 0 Å². The van der Waals surface area contributed by atoms with Crippen molar-refractivity contribution < 1.29 is 12.8 Å². The van der Waals surface area contributed by atoms with Crippen LogP contribution in [0.5, 0.6) is 0 Å². The zero-order valence-electron chi connectivity index (χ0n) is 12.0. The zero-order valence-corrected chi connectivity index (χ0v) is 12.9. The normalized spacial score (nSPS) is 11.8. The molecule has 0 saturated heterocycles. The first-order chi connectivity index (χ1) is 9.86. The molecule has 0 amide bonds. The van der Waals surface area contributed by atoms with Crippen LogP contribution in [0.15, 0.2) is 45.9 Å². The van der Waals surface area contributed by atoms with Gasteiger partial charge in [0.15, 0.2) is 0 Å². The second-order valence-electron chi connectivity index (χ2n) is 5.01. The Morgan fingerprint density at radius 1 is 1.19 bits per heavy atom. The Bertz CT molecular complexity index is 708. The van der Waals surface area contributed by atoms with E-state index in [1.165, 1.54) is 6.07 Å². The first kappa shape index (κ1) is 15.6. The van der Waals surface area contributed by atoms with Gasteiger partial charge in [-0.3, -0.25) is 0 Å². The first-order valence-corrected chi connectivity index (χ1v) is 7.99. The lowest BCUT2D eigenvalue weighted by atomic mass is 10.1. The summed E-state index contributed by atoms with van der Waals surface area (Å²) in [4.78, 5) is 2.08. The van der Waals surface area contributed by atoms with Gasteiger partial charge in [0.1, 0.15) is 5.76 Å². The number of primary sulfonamides is 1. The molecule has 7 heteroatoms. The molecule has 0 bridgehead atoms. The van der Waals surface area contributed by atoms with Gasteiger partial charge in [-0.1, -0.05) is 18.2 Å². The largest absolute Gasteiger partial charge is 0.446 e. The molecule has 0 aliphatic heterocycles. The third-order valence-corrected chi connectivity index (χ3v) is 3.65. The van der Waals surface area contributed by atoms with Crippen LogP contribution in [0.4, 0.5) is 5.69 Å². The predicted octanol–water partition coefficient (Wildman–Crippen LogP) is 1.60. The summed E-state index contributed by atoms with van der Waals surface area (Å²) >= 11 is 0. The van der Waals surface area contributed by atoms with Crippen molar-refractivity contribution in [1.29, 1.82) is 0 Å². The van der Waals surface area contributed by atoms with Crippen LogP contribution < -0.4 is 10.5 Å². The zero-order chi connectivity index (χ0) is 15.5. The summed E-state index contributed by atoms with van der Waals surface area (Å²) in [6.07, 6.45) is 0. The Hall–Kier alpha value is -1.83. The van der Waals surface area contributed by atoms with E-state index in [1.54, 1.807) is 6.07 Å². The summed E-state index contributed by atoms with van der Waals surface area (Å²) in [5, 5.41) is 8.03. The van der Waals surface area contributed by atoms with Gasteiger partial charge >= 0.3 is 0 Å². The molecule has 0 unspecified atom stereocenters. The molecule has 6 nitrogen and oxygen atoms in total. The number of rotatable bonds is 6. The van der Waals surface area contributed by atoms with E-state index in [9.17, 15) is 8.42 Å². The van der Waals surface area contributed by atoms with Crippen molar-refractivity contribution in [3.8, 4) is 0 Å². The lowest BCUT2D eigenvalue weighted by Gasteiger charge is -2.15. The van der Waals surface area contributed by atoms with E-state index in [0.29, 0.717) is 12.3 Å². The third kappa shape index (κ3) is 4.32. The van der Waals surface area contributed by atoms with Crippen molar-refractivity contribution in [2.24, 2.45) is 5.14 Å². The van der Waals surface area contributed by atoms with Gasteiger partial charge in [0, 0.05) is 12.2 Å². The topological polar surface area (TPSA) is 88.6 Å². The van der Waals surface area contributed by atoms with Crippen molar-refractivity contribution in [1.82, 2.24) is 4.90 Å². The van der Waals surface area contributed by atoms with Crippen LogP contribution in [0.25, 0.3) is 0 Å². The van der Waals surface area contributed by atoms with Crippen LogP contribution in [0.1, 0.15) is 11.3 Å². The molecule has 0 saturated carbocycles. The van der Waals surface area contributed by atoms with Crippen LogP contribution >= 0.6 is 0 Å². The van der Waals surface area contributed by atoms with Gasteiger partial charge in [-0.2, -0.15) is 0 Å². The Kier molecular flexibility index (Phi) is 4.66. The fourth-order valence-electron chi connectivity index (χ4n) is 1.96.